The highest BCUT2D eigenvalue weighted by molar-refractivity contribution is 6.04. The number of carbonyl (C=O) groups is 1. The van der Waals surface area contributed by atoms with Crippen LogP contribution in [0.5, 0.6) is 0 Å². The lowest BCUT2D eigenvalue weighted by molar-refractivity contribution is -0.385. The first-order chi connectivity index (χ1) is 12.0. The number of nitro groups is 1. The Hall–Kier alpha value is -2.74. The Balaban J connectivity index is 1.65. The molecule has 1 saturated heterocycles. The van der Waals surface area contributed by atoms with Crippen molar-refractivity contribution in [2.24, 2.45) is 5.92 Å². The fourth-order valence-corrected chi connectivity index (χ4v) is 2.87. The number of amides is 1. The molecule has 1 aromatic carbocycles. The molecule has 1 N–H and O–H groups in total. The number of aryl methyl sites for hydroxylation is 1. The normalized spacial score (nSPS) is 15.1. The summed E-state index contributed by atoms with van der Waals surface area (Å²) in [5.41, 5.74) is 1.27. The predicted octanol–water partition coefficient (Wildman–Crippen LogP) is 2.78. The Morgan fingerprint density at radius 3 is 2.92 bits per heavy atom. The fraction of sp³-hybridized carbons (Fsp3) is 0.412. The van der Waals surface area contributed by atoms with E-state index in [0.717, 1.165) is 32.6 Å². The second-order valence-electron chi connectivity index (χ2n) is 6.22. The summed E-state index contributed by atoms with van der Waals surface area (Å²) >= 11 is 0. The number of carbonyl (C=O) groups excluding carboxylic acids is 1. The Morgan fingerprint density at radius 1 is 1.44 bits per heavy atom. The van der Waals surface area contributed by atoms with Gasteiger partial charge in [0.05, 0.1) is 16.8 Å². The monoisotopic (exact) mass is 344 g/mol. The maximum absolute atomic E-state index is 12.3. The molecule has 8 nitrogen and oxygen atoms in total. The van der Waals surface area contributed by atoms with E-state index < -0.39 is 10.8 Å². The maximum Gasteiger partial charge on any atom is 0.273 e. The zero-order chi connectivity index (χ0) is 17.8. The third-order valence-electron chi connectivity index (χ3n) is 4.35. The van der Waals surface area contributed by atoms with Crippen LogP contribution in [0, 0.1) is 23.0 Å². The largest absolute Gasteiger partial charge is 0.381 e. The molecule has 3 rings (SSSR count). The number of nitrogens with one attached hydrogen (secondary N) is 1. The van der Waals surface area contributed by atoms with Crippen molar-refractivity contribution in [2.75, 3.05) is 18.5 Å². The van der Waals surface area contributed by atoms with E-state index in [2.05, 4.69) is 10.4 Å². The van der Waals surface area contributed by atoms with Crippen LogP contribution < -0.4 is 5.32 Å². The third kappa shape index (κ3) is 4.21. The van der Waals surface area contributed by atoms with E-state index in [1.54, 1.807) is 31.5 Å². The average molecular weight is 344 g/mol. The summed E-state index contributed by atoms with van der Waals surface area (Å²) in [5.74, 6) is 0.130. The van der Waals surface area contributed by atoms with Crippen molar-refractivity contribution in [1.82, 2.24) is 9.78 Å². The number of hydrogen-bond donors (Lipinski definition) is 1. The van der Waals surface area contributed by atoms with Gasteiger partial charge >= 0.3 is 0 Å². The minimum atomic E-state index is -0.488. The minimum absolute atomic E-state index is 0.0668. The van der Waals surface area contributed by atoms with Gasteiger partial charge in [-0.3, -0.25) is 19.6 Å². The third-order valence-corrected chi connectivity index (χ3v) is 4.35. The number of hydrogen-bond acceptors (Lipinski definition) is 5. The molecule has 0 spiro atoms. The summed E-state index contributed by atoms with van der Waals surface area (Å²) in [5, 5.41) is 18.0. The van der Waals surface area contributed by atoms with E-state index in [0.29, 0.717) is 17.2 Å². The predicted molar refractivity (Wildman–Crippen MR) is 91.6 cm³/mol. The molecule has 1 fully saturated rings. The van der Waals surface area contributed by atoms with Gasteiger partial charge in [0.2, 0.25) is 0 Å². The van der Waals surface area contributed by atoms with Gasteiger partial charge in [0, 0.05) is 43.1 Å². The SMILES string of the molecule is Cc1ccc(C(=O)Nc2cnn(CC3CCOCC3)c2)cc1[N+](=O)[O-]. The molecule has 1 aromatic heterocycles. The van der Waals surface area contributed by atoms with Gasteiger partial charge < -0.3 is 10.1 Å². The molecule has 25 heavy (non-hydrogen) atoms. The van der Waals surface area contributed by atoms with Gasteiger partial charge in [-0.2, -0.15) is 5.10 Å². The van der Waals surface area contributed by atoms with Gasteiger partial charge in [-0.1, -0.05) is 6.07 Å². The smallest absolute Gasteiger partial charge is 0.273 e. The maximum atomic E-state index is 12.3. The van der Waals surface area contributed by atoms with Crippen LogP contribution in [0.15, 0.2) is 30.6 Å². The quantitative estimate of drug-likeness (QED) is 0.664. The van der Waals surface area contributed by atoms with E-state index >= 15 is 0 Å². The van der Waals surface area contributed by atoms with Crippen molar-refractivity contribution in [2.45, 2.75) is 26.3 Å². The summed E-state index contributed by atoms with van der Waals surface area (Å²) < 4.78 is 7.15. The van der Waals surface area contributed by atoms with Crippen LogP contribution in [0.1, 0.15) is 28.8 Å². The fourth-order valence-electron chi connectivity index (χ4n) is 2.87. The lowest BCUT2D eigenvalue weighted by atomic mass is 10.0. The first-order valence-corrected chi connectivity index (χ1v) is 8.19. The number of nitro benzene ring substituents is 1. The number of ether oxygens (including phenoxy) is 1. The lowest BCUT2D eigenvalue weighted by Crippen LogP contribution is -2.20. The Bertz CT molecular complexity index is 781. The summed E-state index contributed by atoms with van der Waals surface area (Å²) in [6.07, 6.45) is 5.37. The molecular weight excluding hydrogens is 324 g/mol. The Kier molecular flexibility index (Phi) is 5.08. The van der Waals surface area contributed by atoms with Crippen LogP contribution in [0.3, 0.4) is 0 Å². The summed E-state index contributed by atoms with van der Waals surface area (Å²) in [7, 11) is 0. The molecule has 0 atom stereocenters. The second kappa shape index (κ2) is 7.43. The van der Waals surface area contributed by atoms with E-state index in [1.807, 2.05) is 4.68 Å². The highest BCUT2D eigenvalue weighted by Crippen LogP contribution is 2.21. The van der Waals surface area contributed by atoms with E-state index in [4.69, 9.17) is 4.74 Å². The van der Waals surface area contributed by atoms with Crippen LogP contribution in [0.25, 0.3) is 0 Å². The molecule has 2 aromatic rings. The molecule has 0 bridgehead atoms. The zero-order valence-corrected chi connectivity index (χ0v) is 14.0. The van der Waals surface area contributed by atoms with Gasteiger partial charge in [0.15, 0.2) is 0 Å². The molecular formula is C17H20N4O4. The van der Waals surface area contributed by atoms with E-state index in [1.165, 1.54) is 6.07 Å². The molecule has 8 heteroatoms. The van der Waals surface area contributed by atoms with Crippen molar-refractivity contribution >= 4 is 17.3 Å². The zero-order valence-electron chi connectivity index (χ0n) is 14.0. The average Bonchev–Trinajstić information content (AvgIpc) is 3.02. The van der Waals surface area contributed by atoms with Crippen molar-refractivity contribution in [3.63, 3.8) is 0 Å². The van der Waals surface area contributed by atoms with E-state index in [-0.39, 0.29) is 11.3 Å². The molecule has 132 valence electrons. The van der Waals surface area contributed by atoms with Gasteiger partial charge in [-0.05, 0) is 31.7 Å². The van der Waals surface area contributed by atoms with Gasteiger partial charge in [0.25, 0.3) is 11.6 Å². The van der Waals surface area contributed by atoms with Crippen LogP contribution in [-0.4, -0.2) is 33.8 Å². The Morgan fingerprint density at radius 2 is 2.20 bits per heavy atom. The molecule has 1 aliphatic heterocycles. The summed E-state index contributed by atoms with van der Waals surface area (Å²) in [6, 6.07) is 4.43. The van der Waals surface area contributed by atoms with Crippen molar-refractivity contribution in [1.29, 1.82) is 0 Å². The van der Waals surface area contributed by atoms with Gasteiger partial charge in [-0.15, -0.1) is 0 Å². The van der Waals surface area contributed by atoms with Crippen LogP contribution in [-0.2, 0) is 11.3 Å². The number of aromatic nitrogens is 2. The molecule has 1 aliphatic rings. The summed E-state index contributed by atoms with van der Waals surface area (Å²) in [6.45, 7) is 3.98. The van der Waals surface area contributed by atoms with Gasteiger partial charge in [-0.25, -0.2) is 0 Å². The number of anilines is 1. The highest BCUT2D eigenvalue weighted by Gasteiger charge is 2.17. The van der Waals surface area contributed by atoms with Crippen LogP contribution in [0.4, 0.5) is 11.4 Å². The highest BCUT2D eigenvalue weighted by atomic mass is 16.6. The standard InChI is InChI=1S/C17H20N4O4/c1-12-2-3-14(8-16(12)21(23)24)17(22)19-15-9-18-20(11-15)10-13-4-6-25-7-5-13/h2-3,8-9,11,13H,4-7,10H2,1H3,(H,19,22). The molecule has 0 unspecified atom stereocenters. The van der Waals surface area contributed by atoms with Crippen LogP contribution in [0.2, 0.25) is 0 Å². The number of nitrogens with zero attached hydrogens (tertiary/aromatic N) is 3. The first kappa shape index (κ1) is 17.1. The topological polar surface area (TPSA) is 99.3 Å². The van der Waals surface area contributed by atoms with Crippen molar-refractivity contribution < 1.29 is 14.5 Å². The van der Waals surface area contributed by atoms with Crippen molar-refractivity contribution in [3.05, 3.63) is 51.8 Å². The second-order valence-corrected chi connectivity index (χ2v) is 6.22. The van der Waals surface area contributed by atoms with Gasteiger partial charge in [0.1, 0.15) is 0 Å². The Labute approximate surface area is 144 Å². The summed E-state index contributed by atoms with van der Waals surface area (Å²) in [4.78, 5) is 22.8. The molecule has 0 saturated carbocycles. The first-order valence-electron chi connectivity index (χ1n) is 8.19. The lowest BCUT2D eigenvalue weighted by Gasteiger charge is -2.21. The van der Waals surface area contributed by atoms with Crippen LogP contribution >= 0.6 is 0 Å². The molecule has 0 aliphatic carbocycles. The number of benzene rings is 1. The molecule has 2 heterocycles. The molecule has 0 radical (unpaired) electrons. The molecule has 1 amide bonds. The van der Waals surface area contributed by atoms with Crippen molar-refractivity contribution in [3.8, 4) is 0 Å². The minimum Gasteiger partial charge on any atom is -0.381 e. The van der Waals surface area contributed by atoms with E-state index in [9.17, 15) is 14.9 Å². The number of rotatable bonds is 5.